The van der Waals surface area contributed by atoms with Gasteiger partial charge in [-0.1, -0.05) is 0 Å². The van der Waals surface area contributed by atoms with Gasteiger partial charge in [0, 0.05) is 6.54 Å². The maximum Gasteiger partial charge on any atom is 0.404 e. The Morgan fingerprint density at radius 2 is 1.88 bits per heavy atom. The topological polar surface area (TPSA) is 67.8 Å². The van der Waals surface area contributed by atoms with Crippen molar-refractivity contribution in [2.75, 3.05) is 14.2 Å². The summed E-state index contributed by atoms with van der Waals surface area (Å²) < 4.78 is 10.3. The van der Waals surface area contributed by atoms with E-state index in [0.717, 1.165) is 11.1 Å². The number of carbonyl (C=O) groups is 1. The smallest absolute Gasteiger partial charge is 0.404 e. The van der Waals surface area contributed by atoms with E-state index >= 15 is 0 Å². The number of aryl methyl sites for hydroxylation is 1. The van der Waals surface area contributed by atoms with Gasteiger partial charge in [0.05, 0.1) is 14.2 Å². The first-order valence-corrected chi connectivity index (χ1v) is 4.76. The molecule has 0 radical (unpaired) electrons. The van der Waals surface area contributed by atoms with E-state index in [9.17, 15) is 4.79 Å². The zero-order valence-corrected chi connectivity index (χ0v) is 9.53. The number of carboxylic acid groups (broad SMARTS) is 1. The van der Waals surface area contributed by atoms with Gasteiger partial charge >= 0.3 is 6.09 Å². The van der Waals surface area contributed by atoms with E-state index in [2.05, 4.69) is 5.32 Å². The number of rotatable bonds is 4. The lowest BCUT2D eigenvalue weighted by atomic mass is 10.1. The number of methoxy groups -OCH3 is 2. The average Bonchev–Trinajstić information content (AvgIpc) is 2.26. The molecule has 0 saturated carbocycles. The van der Waals surface area contributed by atoms with Gasteiger partial charge in [-0.15, -0.1) is 0 Å². The number of hydrogen-bond donors (Lipinski definition) is 2. The molecule has 1 aromatic rings. The van der Waals surface area contributed by atoms with Crippen LogP contribution in [0.2, 0.25) is 0 Å². The number of ether oxygens (including phenoxy) is 2. The Labute approximate surface area is 94.0 Å². The fourth-order valence-corrected chi connectivity index (χ4v) is 1.38. The predicted molar refractivity (Wildman–Crippen MR) is 59.1 cm³/mol. The van der Waals surface area contributed by atoms with Gasteiger partial charge < -0.3 is 19.9 Å². The van der Waals surface area contributed by atoms with Gasteiger partial charge in [-0.2, -0.15) is 0 Å². The highest BCUT2D eigenvalue weighted by Gasteiger charge is 2.08. The number of nitrogens with one attached hydrogen (secondary N) is 1. The van der Waals surface area contributed by atoms with E-state index in [0.29, 0.717) is 11.5 Å². The van der Waals surface area contributed by atoms with Crippen LogP contribution < -0.4 is 14.8 Å². The fraction of sp³-hybridized carbons (Fsp3) is 0.364. The van der Waals surface area contributed by atoms with E-state index in [1.54, 1.807) is 20.3 Å². The summed E-state index contributed by atoms with van der Waals surface area (Å²) in [5.41, 5.74) is 1.81. The van der Waals surface area contributed by atoms with Crippen molar-refractivity contribution in [1.82, 2.24) is 5.32 Å². The first kappa shape index (κ1) is 12.2. The zero-order chi connectivity index (χ0) is 12.1. The molecule has 16 heavy (non-hydrogen) atoms. The number of hydrogen-bond acceptors (Lipinski definition) is 3. The van der Waals surface area contributed by atoms with Gasteiger partial charge in [-0.3, -0.25) is 0 Å². The quantitative estimate of drug-likeness (QED) is 0.819. The summed E-state index contributed by atoms with van der Waals surface area (Å²) in [6.07, 6.45) is -1.05. The largest absolute Gasteiger partial charge is 0.493 e. The van der Waals surface area contributed by atoms with E-state index in [-0.39, 0.29) is 6.54 Å². The molecule has 1 amide bonds. The minimum absolute atomic E-state index is 0.252. The summed E-state index contributed by atoms with van der Waals surface area (Å²) in [5, 5.41) is 10.8. The van der Waals surface area contributed by atoms with Crippen LogP contribution in [0, 0.1) is 6.92 Å². The minimum Gasteiger partial charge on any atom is -0.493 e. The maximum atomic E-state index is 10.4. The van der Waals surface area contributed by atoms with Gasteiger partial charge in [0.25, 0.3) is 0 Å². The molecule has 0 bridgehead atoms. The van der Waals surface area contributed by atoms with Crippen LogP contribution in [-0.4, -0.2) is 25.4 Å². The summed E-state index contributed by atoms with van der Waals surface area (Å²) in [6.45, 7) is 2.14. The number of amides is 1. The molecule has 2 N–H and O–H groups in total. The highest BCUT2D eigenvalue weighted by molar-refractivity contribution is 5.64. The summed E-state index contributed by atoms with van der Waals surface area (Å²) in [4.78, 5) is 10.4. The molecule has 0 aliphatic heterocycles. The Hall–Kier alpha value is -1.91. The summed E-state index contributed by atoms with van der Waals surface area (Å²) in [7, 11) is 3.11. The zero-order valence-electron chi connectivity index (χ0n) is 9.53. The second kappa shape index (κ2) is 5.25. The SMILES string of the molecule is COc1cc(C)c(CNC(=O)O)cc1OC. The van der Waals surface area contributed by atoms with Crippen molar-refractivity contribution in [2.45, 2.75) is 13.5 Å². The number of benzene rings is 1. The van der Waals surface area contributed by atoms with Gasteiger partial charge in [0.2, 0.25) is 0 Å². The van der Waals surface area contributed by atoms with Crippen LogP contribution in [0.5, 0.6) is 11.5 Å². The van der Waals surface area contributed by atoms with E-state index < -0.39 is 6.09 Å². The van der Waals surface area contributed by atoms with Crippen LogP contribution in [0.15, 0.2) is 12.1 Å². The van der Waals surface area contributed by atoms with Crippen LogP contribution in [-0.2, 0) is 6.54 Å². The Kier molecular flexibility index (Phi) is 3.99. The van der Waals surface area contributed by atoms with Crippen LogP contribution in [0.4, 0.5) is 4.79 Å². The highest BCUT2D eigenvalue weighted by atomic mass is 16.5. The van der Waals surface area contributed by atoms with Gasteiger partial charge in [-0.25, -0.2) is 4.79 Å². The third kappa shape index (κ3) is 2.79. The van der Waals surface area contributed by atoms with Crippen molar-refractivity contribution in [1.29, 1.82) is 0 Å². The molecule has 0 aliphatic rings. The van der Waals surface area contributed by atoms with Crippen molar-refractivity contribution in [2.24, 2.45) is 0 Å². The Bertz CT molecular complexity index is 390. The molecular weight excluding hydrogens is 210 g/mol. The molecule has 0 spiro atoms. The maximum absolute atomic E-state index is 10.4. The van der Waals surface area contributed by atoms with Crippen LogP contribution in [0.3, 0.4) is 0 Å². The Morgan fingerprint density at radius 3 is 2.38 bits per heavy atom. The summed E-state index contributed by atoms with van der Waals surface area (Å²) in [5.74, 6) is 1.23. The first-order chi connectivity index (χ1) is 7.58. The normalized spacial score (nSPS) is 9.69. The molecule has 88 valence electrons. The molecule has 5 heteroatoms. The first-order valence-electron chi connectivity index (χ1n) is 4.76. The van der Waals surface area contributed by atoms with Gasteiger partial charge in [0.15, 0.2) is 11.5 Å². The monoisotopic (exact) mass is 225 g/mol. The van der Waals surface area contributed by atoms with Crippen molar-refractivity contribution < 1.29 is 19.4 Å². The van der Waals surface area contributed by atoms with Crippen LogP contribution >= 0.6 is 0 Å². The van der Waals surface area contributed by atoms with Crippen molar-refractivity contribution in [3.8, 4) is 11.5 Å². The Morgan fingerprint density at radius 1 is 1.31 bits per heavy atom. The summed E-state index contributed by atoms with van der Waals surface area (Å²) >= 11 is 0. The van der Waals surface area contributed by atoms with E-state index in [4.69, 9.17) is 14.6 Å². The lowest BCUT2D eigenvalue weighted by Gasteiger charge is -2.12. The predicted octanol–water partition coefficient (Wildman–Crippen LogP) is 1.78. The van der Waals surface area contributed by atoms with Crippen LogP contribution in [0.1, 0.15) is 11.1 Å². The standard InChI is InChI=1S/C11H15NO4/c1-7-4-9(15-2)10(16-3)5-8(7)6-12-11(13)14/h4-5,12H,6H2,1-3H3,(H,13,14). The van der Waals surface area contributed by atoms with E-state index in [1.165, 1.54) is 0 Å². The lowest BCUT2D eigenvalue weighted by Crippen LogP contribution is -2.20. The molecule has 0 aliphatic carbocycles. The second-order valence-electron chi connectivity index (χ2n) is 3.29. The van der Waals surface area contributed by atoms with Gasteiger partial charge in [0.1, 0.15) is 0 Å². The van der Waals surface area contributed by atoms with Crippen LogP contribution in [0.25, 0.3) is 0 Å². The molecule has 0 aromatic heterocycles. The summed E-state index contributed by atoms with van der Waals surface area (Å²) in [6, 6.07) is 3.59. The third-order valence-corrected chi connectivity index (χ3v) is 2.27. The molecule has 0 heterocycles. The molecule has 0 saturated heterocycles. The van der Waals surface area contributed by atoms with E-state index in [1.807, 2.05) is 13.0 Å². The van der Waals surface area contributed by atoms with Crippen molar-refractivity contribution in [3.63, 3.8) is 0 Å². The second-order valence-corrected chi connectivity index (χ2v) is 3.29. The molecule has 1 aromatic carbocycles. The van der Waals surface area contributed by atoms with Crippen molar-refractivity contribution >= 4 is 6.09 Å². The van der Waals surface area contributed by atoms with Crippen molar-refractivity contribution in [3.05, 3.63) is 23.3 Å². The molecule has 5 nitrogen and oxygen atoms in total. The molecule has 0 atom stereocenters. The molecule has 0 unspecified atom stereocenters. The Balaban J connectivity index is 2.96. The fourth-order valence-electron chi connectivity index (χ4n) is 1.38. The van der Waals surface area contributed by atoms with Gasteiger partial charge in [-0.05, 0) is 30.2 Å². The molecule has 1 rings (SSSR count). The third-order valence-electron chi connectivity index (χ3n) is 2.27. The minimum atomic E-state index is -1.05. The molecule has 0 fully saturated rings. The highest BCUT2D eigenvalue weighted by Crippen LogP contribution is 2.30. The lowest BCUT2D eigenvalue weighted by molar-refractivity contribution is 0.194. The molecular formula is C11H15NO4. The average molecular weight is 225 g/mol.